The van der Waals surface area contributed by atoms with E-state index in [4.69, 9.17) is 11.6 Å². The second-order valence-corrected chi connectivity index (χ2v) is 5.92. The Morgan fingerprint density at radius 1 is 1.12 bits per heavy atom. The topological polar surface area (TPSA) is 70.2 Å². The third kappa shape index (κ3) is 4.11. The lowest BCUT2D eigenvalue weighted by molar-refractivity contribution is 0.262. The molecule has 126 valence electrons. The molecule has 1 fully saturated rings. The molecule has 1 aliphatic rings. The largest absolute Gasteiger partial charge is 0.356 e. The highest BCUT2D eigenvalue weighted by Gasteiger charge is 2.13. The summed E-state index contributed by atoms with van der Waals surface area (Å²) in [5.41, 5.74) is 0.393. The summed E-state index contributed by atoms with van der Waals surface area (Å²) < 4.78 is 13.1. The molecule has 2 amide bonds. The summed E-state index contributed by atoms with van der Waals surface area (Å²) in [5, 5.41) is 5.17. The van der Waals surface area contributed by atoms with Crippen LogP contribution in [0.15, 0.2) is 30.6 Å². The van der Waals surface area contributed by atoms with Crippen LogP contribution in [0.25, 0.3) is 0 Å². The zero-order chi connectivity index (χ0) is 16.9. The van der Waals surface area contributed by atoms with Crippen molar-refractivity contribution in [3.63, 3.8) is 0 Å². The smallest absolute Gasteiger partial charge is 0.324 e. The molecule has 0 atom stereocenters. The number of nitrogens with one attached hydrogen (secondary N) is 2. The highest BCUT2D eigenvalue weighted by molar-refractivity contribution is 6.31. The van der Waals surface area contributed by atoms with E-state index in [0.717, 1.165) is 31.7 Å². The number of benzene rings is 1. The first-order valence-electron chi connectivity index (χ1n) is 7.72. The van der Waals surface area contributed by atoms with Crippen molar-refractivity contribution >= 4 is 35.0 Å². The minimum atomic E-state index is -0.537. The fourth-order valence-corrected chi connectivity index (χ4v) is 2.74. The first-order valence-corrected chi connectivity index (χ1v) is 8.10. The Balaban J connectivity index is 1.64. The van der Waals surface area contributed by atoms with Gasteiger partial charge in [-0.15, -0.1) is 0 Å². The molecule has 0 radical (unpaired) electrons. The number of urea groups is 1. The van der Waals surface area contributed by atoms with E-state index in [1.807, 2.05) is 0 Å². The van der Waals surface area contributed by atoms with E-state index in [1.165, 1.54) is 30.9 Å². The average Bonchev–Trinajstić information content (AvgIpc) is 2.59. The molecule has 0 aliphatic carbocycles. The maximum atomic E-state index is 13.1. The number of hydrogen-bond acceptors (Lipinski definition) is 4. The van der Waals surface area contributed by atoms with E-state index in [0.29, 0.717) is 11.5 Å². The lowest BCUT2D eigenvalue weighted by Gasteiger charge is -2.27. The summed E-state index contributed by atoms with van der Waals surface area (Å²) in [5.74, 6) is 0.658. The fraction of sp³-hybridized carbons (Fsp3) is 0.312. The SMILES string of the molecule is O=C(Nc1ccc(F)c(Cl)c1)Nc1cc(N2CCCCC2)ncn1. The standard InChI is InChI=1S/C16H17ClFN5O/c17-12-8-11(4-5-13(12)18)21-16(24)22-14-9-15(20-10-19-14)23-6-2-1-3-7-23/h4-5,8-10H,1-3,6-7H2,(H2,19,20,21,22,24). The molecule has 0 spiro atoms. The summed E-state index contributed by atoms with van der Waals surface area (Å²) in [7, 11) is 0. The summed E-state index contributed by atoms with van der Waals surface area (Å²) in [6.07, 6.45) is 4.93. The van der Waals surface area contributed by atoms with Gasteiger partial charge in [-0.25, -0.2) is 19.2 Å². The third-order valence-electron chi connectivity index (χ3n) is 3.75. The number of rotatable bonds is 3. The van der Waals surface area contributed by atoms with Crippen molar-refractivity contribution < 1.29 is 9.18 Å². The van der Waals surface area contributed by atoms with E-state index in [9.17, 15) is 9.18 Å². The molecule has 2 N–H and O–H groups in total. The summed E-state index contributed by atoms with van der Waals surface area (Å²) >= 11 is 5.69. The van der Waals surface area contributed by atoms with Gasteiger partial charge in [0.25, 0.3) is 0 Å². The number of anilines is 3. The van der Waals surface area contributed by atoms with Crippen molar-refractivity contribution in [3.05, 3.63) is 41.4 Å². The molecular formula is C16H17ClFN5O. The molecule has 24 heavy (non-hydrogen) atoms. The maximum absolute atomic E-state index is 13.1. The second-order valence-electron chi connectivity index (χ2n) is 5.52. The van der Waals surface area contributed by atoms with Crippen molar-refractivity contribution in [3.8, 4) is 0 Å². The predicted molar refractivity (Wildman–Crippen MR) is 92.1 cm³/mol. The van der Waals surface area contributed by atoms with Gasteiger partial charge >= 0.3 is 6.03 Å². The maximum Gasteiger partial charge on any atom is 0.324 e. The van der Waals surface area contributed by atoms with Gasteiger partial charge in [0.05, 0.1) is 5.02 Å². The van der Waals surface area contributed by atoms with Crippen molar-refractivity contribution in [2.75, 3.05) is 28.6 Å². The highest BCUT2D eigenvalue weighted by Crippen LogP contribution is 2.21. The van der Waals surface area contributed by atoms with Crippen LogP contribution in [0.3, 0.4) is 0 Å². The first-order chi connectivity index (χ1) is 11.6. The number of nitrogens with zero attached hydrogens (tertiary/aromatic N) is 3. The molecule has 2 heterocycles. The van der Waals surface area contributed by atoms with Crippen LogP contribution in [0.4, 0.5) is 26.5 Å². The highest BCUT2D eigenvalue weighted by atomic mass is 35.5. The van der Waals surface area contributed by atoms with Crippen LogP contribution in [-0.2, 0) is 0 Å². The molecule has 0 unspecified atom stereocenters. The minimum absolute atomic E-state index is 0.0535. The molecule has 1 aliphatic heterocycles. The van der Waals surface area contributed by atoms with Crippen LogP contribution < -0.4 is 15.5 Å². The van der Waals surface area contributed by atoms with E-state index < -0.39 is 11.8 Å². The summed E-state index contributed by atoms with van der Waals surface area (Å²) in [6, 6.07) is 5.22. The lowest BCUT2D eigenvalue weighted by atomic mass is 10.1. The van der Waals surface area contributed by atoms with Gasteiger partial charge < -0.3 is 10.2 Å². The molecule has 1 aromatic carbocycles. The lowest BCUT2D eigenvalue weighted by Crippen LogP contribution is -2.30. The minimum Gasteiger partial charge on any atom is -0.356 e. The number of aromatic nitrogens is 2. The predicted octanol–water partition coefficient (Wildman–Crippen LogP) is 3.90. The summed E-state index contributed by atoms with van der Waals surface area (Å²) in [4.78, 5) is 22.5. The fourth-order valence-electron chi connectivity index (χ4n) is 2.56. The van der Waals surface area contributed by atoms with E-state index in [2.05, 4.69) is 25.5 Å². The Labute approximate surface area is 144 Å². The van der Waals surface area contributed by atoms with Gasteiger partial charge in [0, 0.05) is 24.8 Å². The molecule has 8 heteroatoms. The molecule has 3 rings (SSSR count). The van der Waals surface area contributed by atoms with Crippen LogP contribution in [0.5, 0.6) is 0 Å². The number of halogens is 2. The molecule has 2 aromatic rings. The van der Waals surface area contributed by atoms with Gasteiger partial charge in [-0.1, -0.05) is 11.6 Å². The second kappa shape index (κ2) is 7.44. The quantitative estimate of drug-likeness (QED) is 0.881. The number of hydrogen-bond donors (Lipinski definition) is 2. The normalized spacial score (nSPS) is 14.3. The number of amides is 2. The van der Waals surface area contributed by atoms with Gasteiger partial charge in [-0.3, -0.25) is 5.32 Å². The van der Waals surface area contributed by atoms with E-state index >= 15 is 0 Å². The van der Waals surface area contributed by atoms with Crippen molar-refractivity contribution in [1.29, 1.82) is 0 Å². The summed E-state index contributed by atoms with van der Waals surface area (Å²) in [6.45, 7) is 1.91. The number of carbonyl (C=O) groups excluding carboxylic acids is 1. The van der Waals surface area contributed by atoms with Gasteiger partial charge in [-0.05, 0) is 37.5 Å². The molecule has 1 aromatic heterocycles. The first kappa shape index (κ1) is 16.4. The Kier molecular flexibility index (Phi) is 5.10. The van der Waals surface area contributed by atoms with Crippen LogP contribution in [0, 0.1) is 5.82 Å². The molecule has 0 saturated carbocycles. The van der Waals surface area contributed by atoms with Gasteiger partial charge in [0.15, 0.2) is 0 Å². The average molecular weight is 350 g/mol. The van der Waals surface area contributed by atoms with Gasteiger partial charge in [-0.2, -0.15) is 0 Å². The zero-order valence-corrected chi connectivity index (χ0v) is 13.7. The van der Waals surface area contributed by atoms with E-state index in [-0.39, 0.29) is 5.02 Å². The Morgan fingerprint density at radius 3 is 2.67 bits per heavy atom. The van der Waals surface area contributed by atoms with Crippen molar-refractivity contribution in [2.45, 2.75) is 19.3 Å². The Bertz CT molecular complexity index is 736. The van der Waals surface area contributed by atoms with Crippen LogP contribution >= 0.6 is 11.6 Å². The van der Waals surface area contributed by atoms with E-state index in [1.54, 1.807) is 6.07 Å². The van der Waals surface area contributed by atoms with Crippen LogP contribution in [-0.4, -0.2) is 29.1 Å². The van der Waals surface area contributed by atoms with Gasteiger partial charge in [0.2, 0.25) is 0 Å². The van der Waals surface area contributed by atoms with Crippen molar-refractivity contribution in [2.24, 2.45) is 0 Å². The Morgan fingerprint density at radius 2 is 1.92 bits per heavy atom. The molecule has 6 nitrogen and oxygen atoms in total. The molecule has 1 saturated heterocycles. The number of carbonyl (C=O) groups is 1. The molecular weight excluding hydrogens is 333 g/mol. The Hall–Kier alpha value is -2.41. The monoisotopic (exact) mass is 349 g/mol. The van der Waals surface area contributed by atoms with Crippen LogP contribution in [0.1, 0.15) is 19.3 Å². The van der Waals surface area contributed by atoms with Gasteiger partial charge in [0.1, 0.15) is 23.8 Å². The number of piperidine rings is 1. The molecule has 0 bridgehead atoms. The zero-order valence-electron chi connectivity index (χ0n) is 12.9. The van der Waals surface area contributed by atoms with Crippen molar-refractivity contribution in [1.82, 2.24) is 9.97 Å². The van der Waals surface area contributed by atoms with Crippen LogP contribution in [0.2, 0.25) is 5.02 Å². The third-order valence-corrected chi connectivity index (χ3v) is 4.04.